The van der Waals surface area contributed by atoms with Gasteiger partial charge in [-0.25, -0.2) is 0 Å². The van der Waals surface area contributed by atoms with Crippen LogP contribution in [0.1, 0.15) is 27.7 Å². The first-order valence-corrected chi connectivity index (χ1v) is 5.25. The molecule has 0 amide bonds. The minimum absolute atomic E-state index is 0.183. The Morgan fingerprint density at radius 2 is 2.00 bits per heavy atom. The van der Waals surface area contributed by atoms with Gasteiger partial charge in [-0.1, -0.05) is 4.40 Å². The molecule has 0 aliphatic rings. The largest absolute Gasteiger partial charge is 0.591 e. The predicted molar refractivity (Wildman–Crippen MR) is 60.5 cm³/mol. The minimum Gasteiger partial charge on any atom is -0.591 e. The van der Waals surface area contributed by atoms with Crippen LogP contribution in [-0.2, 0) is 11.4 Å². The zero-order valence-corrected chi connectivity index (χ0v) is 9.68. The van der Waals surface area contributed by atoms with Crippen molar-refractivity contribution in [2.75, 3.05) is 0 Å². The van der Waals surface area contributed by atoms with Crippen LogP contribution < -0.4 is 0 Å². The van der Waals surface area contributed by atoms with E-state index in [4.69, 9.17) is 10.5 Å². The van der Waals surface area contributed by atoms with Gasteiger partial charge in [0.25, 0.3) is 0 Å². The molecule has 0 aromatic carbocycles. The maximum Gasteiger partial charge on any atom is 0.144 e. The van der Waals surface area contributed by atoms with Crippen LogP contribution in [0.5, 0.6) is 0 Å². The van der Waals surface area contributed by atoms with Crippen molar-refractivity contribution in [1.29, 1.82) is 5.41 Å². The minimum atomic E-state index is -1.36. The highest BCUT2D eigenvalue weighted by Gasteiger charge is 2.25. The van der Waals surface area contributed by atoms with Gasteiger partial charge in [-0.2, -0.15) is 0 Å². The summed E-state index contributed by atoms with van der Waals surface area (Å²) in [6.45, 7) is 6.94. The molecule has 0 aliphatic carbocycles. The SMILES string of the molecule is CC(=N)C(=C\O)/C=N/[S+]([O-])C(C)(C)C. The summed E-state index contributed by atoms with van der Waals surface area (Å²) in [5.41, 5.74) is 0.449. The van der Waals surface area contributed by atoms with Crippen molar-refractivity contribution in [2.45, 2.75) is 32.4 Å². The van der Waals surface area contributed by atoms with E-state index in [0.29, 0.717) is 0 Å². The standard InChI is InChI=1S/C9H16N2O2S/c1-7(10)8(6-12)5-11-14(13)9(2,3)4/h5-6,10,12H,1-4H3/b8-6-,10-7?,11-5+. The van der Waals surface area contributed by atoms with Crippen molar-refractivity contribution in [3.8, 4) is 0 Å². The van der Waals surface area contributed by atoms with E-state index in [1.165, 1.54) is 13.1 Å². The summed E-state index contributed by atoms with van der Waals surface area (Å²) in [5, 5.41) is 16.0. The van der Waals surface area contributed by atoms with Crippen LogP contribution in [-0.4, -0.2) is 26.3 Å². The van der Waals surface area contributed by atoms with Crippen LogP contribution >= 0.6 is 0 Å². The second-order valence-electron chi connectivity index (χ2n) is 3.81. The second kappa shape index (κ2) is 5.17. The second-order valence-corrected chi connectivity index (χ2v) is 5.74. The van der Waals surface area contributed by atoms with Crippen molar-refractivity contribution in [3.63, 3.8) is 0 Å². The molecule has 0 aliphatic heterocycles. The van der Waals surface area contributed by atoms with Gasteiger partial charge in [0, 0.05) is 5.71 Å². The molecular formula is C9H16N2O2S. The van der Waals surface area contributed by atoms with Crippen LogP contribution in [0.25, 0.3) is 0 Å². The molecular weight excluding hydrogens is 200 g/mol. The predicted octanol–water partition coefficient (Wildman–Crippen LogP) is 2.00. The molecule has 0 rings (SSSR count). The number of aliphatic hydroxyl groups excluding tert-OH is 1. The van der Waals surface area contributed by atoms with Crippen LogP contribution in [0.4, 0.5) is 0 Å². The zero-order chi connectivity index (χ0) is 11.4. The number of allylic oxidation sites excluding steroid dienone is 1. The molecule has 80 valence electrons. The van der Waals surface area contributed by atoms with Gasteiger partial charge in [-0.05, 0) is 27.7 Å². The average molecular weight is 216 g/mol. The van der Waals surface area contributed by atoms with Gasteiger partial charge in [0.15, 0.2) is 0 Å². The van der Waals surface area contributed by atoms with Crippen LogP contribution in [0.3, 0.4) is 0 Å². The molecule has 0 aromatic rings. The van der Waals surface area contributed by atoms with Crippen LogP contribution in [0.2, 0.25) is 0 Å². The monoisotopic (exact) mass is 216 g/mol. The van der Waals surface area contributed by atoms with Crippen molar-refractivity contribution < 1.29 is 9.66 Å². The summed E-state index contributed by atoms with van der Waals surface area (Å²) in [6, 6.07) is 0. The Bertz CT molecular complexity index is 266. The molecule has 0 aromatic heterocycles. The molecule has 0 bridgehead atoms. The third-order valence-corrected chi connectivity index (χ3v) is 2.73. The van der Waals surface area contributed by atoms with Crippen molar-refractivity contribution in [1.82, 2.24) is 0 Å². The van der Waals surface area contributed by atoms with Gasteiger partial charge in [0.1, 0.15) is 16.1 Å². The summed E-state index contributed by atoms with van der Waals surface area (Å²) < 4.78 is 14.8. The normalized spacial score (nSPS) is 15.9. The molecule has 0 radical (unpaired) electrons. The Labute approximate surface area is 87.6 Å². The van der Waals surface area contributed by atoms with Crippen LogP contribution in [0, 0.1) is 5.41 Å². The van der Waals surface area contributed by atoms with E-state index in [0.717, 1.165) is 6.26 Å². The molecule has 1 atom stereocenters. The van der Waals surface area contributed by atoms with Gasteiger partial charge in [0.2, 0.25) is 0 Å². The first-order valence-electron chi connectivity index (χ1n) is 4.15. The van der Waals surface area contributed by atoms with E-state index in [1.807, 2.05) is 0 Å². The lowest BCUT2D eigenvalue weighted by molar-refractivity contribution is 0.472. The maximum atomic E-state index is 11.4. The number of nitrogens with zero attached hydrogens (tertiary/aromatic N) is 1. The quantitative estimate of drug-likeness (QED) is 0.430. The van der Waals surface area contributed by atoms with E-state index in [1.54, 1.807) is 20.8 Å². The fourth-order valence-electron chi connectivity index (χ4n) is 0.490. The van der Waals surface area contributed by atoms with Gasteiger partial charge in [-0.15, -0.1) is 0 Å². The summed E-state index contributed by atoms with van der Waals surface area (Å²) in [4.78, 5) is 0. The highest BCUT2D eigenvalue weighted by Crippen LogP contribution is 2.16. The Kier molecular flexibility index (Phi) is 4.87. The summed E-state index contributed by atoms with van der Waals surface area (Å²) in [6.07, 6.45) is 2.04. The molecule has 0 spiro atoms. The highest BCUT2D eigenvalue weighted by molar-refractivity contribution is 7.91. The third kappa shape index (κ3) is 4.43. The van der Waals surface area contributed by atoms with E-state index in [2.05, 4.69) is 4.40 Å². The Balaban J connectivity index is 4.52. The highest BCUT2D eigenvalue weighted by atomic mass is 32.2. The average Bonchev–Trinajstić information content (AvgIpc) is 2.02. The van der Waals surface area contributed by atoms with Crippen LogP contribution in [0.15, 0.2) is 16.2 Å². The third-order valence-electron chi connectivity index (χ3n) is 1.38. The smallest absolute Gasteiger partial charge is 0.144 e. The van der Waals surface area contributed by atoms with Crippen molar-refractivity contribution in [2.24, 2.45) is 4.40 Å². The van der Waals surface area contributed by atoms with Crippen molar-refractivity contribution >= 4 is 23.3 Å². The molecule has 5 heteroatoms. The molecule has 0 saturated carbocycles. The first-order chi connectivity index (χ1) is 6.29. The number of rotatable bonds is 3. The zero-order valence-electron chi connectivity index (χ0n) is 8.87. The van der Waals surface area contributed by atoms with E-state index >= 15 is 0 Å². The Hall–Kier alpha value is -0.810. The molecule has 0 fully saturated rings. The van der Waals surface area contributed by atoms with E-state index < -0.39 is 16.1 Å². The van der Waals surface area contributed by atoms with Gasteiger partial charge in [0.05, 0.1) is 18.0 Å². The fourth-order valence-corrected chi connectivity index (χ4v) is 1.02. The Morgan fingerprint density at radius 3 is 2.29 bits per heavy atom. The van der Waals surface area contributed by atoms with E-state index in [-0.39, 0.29) is 11.3 Å². The molecule has 4 nitrogen and oxygen atoms in total. The first kappa shape index (κ1) is 13.2. The number of aliphatic hydroxyl groups is 1. The van der Waals surface area contributed by atoms with Gasteiger partial charge >= 0.3 is 0 Å². The summed E-state index contributed by atoms with van der Waals surface area (Å²) >= 11 is -1.36. The topological polar surface area (TPSA) is 79.5 Å². The number of hydrogen-bond acceptors (Lipinski definition) is 4. The molecule has 2 N–H and O–H groups in total. The molecule has 0 saturated heterocycles. The van der Waals surface area contributed by atoms with Crippen molar-refractivity contribution in [3.05, 3.63) is 11.8 Å². The lowest BCUT2D eigenvalue weighted by Crippen LogP contribution is -2.26. The summed E-state index contributed by atoms with van der Waals surface area (Å²) in [7, 11) is 0. The Morgan fingerprint density at radius 1 is 1.50 bits per heavy atom. The van der Waals surface area contributed by atoms with Gasteiger partial charge in [-0.3, -0.25) is 0 Å². The molecule has 14 heavy (non-hydrogen) atoms. The molecule has 1 unspecified atom stereocenters. The lowest BCUT2D eigenvalue weighted by atomic mass is 10.2. The summed E-state index contributed by atoms with van der Waals surface area (Å²) in [5.74, 6) is 0. The lowest BCUT2D eigenvalue weighted by Gasteiger charge is -2.17. The molecule has 0 heterocycles. The van der Waals surface area contributed by atoms with Gasteiger partial charge < -0.3 is 15.1 Å². The number of hydrogen-bond donors (Lipinski definition) is 2. The number of nitrogens with one attached hydrogen (secondary N) is 1. The van der Waals surface area contributed by atoms with E-state index in [9.17, 15) is 4.55 Å². The maximum absolute atomic E-state index is 11.4. The fraction of sp³-hybridized carbons (Fsp3) is 0.556.